The van der Waals surface area contributed by atoms with E-state index in [9.17, 15) is 17.8 Å². The Morgan fingerprint density at radius 3 is 2.53 bits per heavy atom. The average Bonchev–Trinajstić information content (AvgIpc) is 2.39. The van der Waals surface area contributed by atoms with Gasteiger partial charge in [-0.25, -0.2) is 8.78 Å². The molecule has 104 valence electrons. The zero-order valence-electron chi connectivity index (χ0n) is 10.5. The van der Waals surface area contributed by atoms with E-state index in [0.717, 1.165) is 44.2 Å². The molecule has 2 rings (SSSR count). The molecule has 0 amide bonds. The van der Waals surface area contributed by atoms with Crippen molar-refractivity contribution in [2.24, 2.45) is 0 Å². The van der Waals surface area contributed by atoms with Crippen LogP contribution in [-0.2, 0) is 10.8 Å². The van der Waals surface area contributed by atoms with E-state index in [1.54, 1.807) is 0 Å². The molecule has 1 aromatic carbocycles. The predicted molar refractivity (Wildman–Crippen MR) is 70.6 cm³/mol. The zero-order valence-corrected chi connectivity index (χ0v) is 11.3. The fraction of sp³-hybridized carbons (Fsp3) is 0.500. The average molecular weight is 286 g/mol. The molecule has 0 bridgehead atoms. The lowest BCUT2D eigenvalue weighted by molar-refractivity contribution is 0.101. The Balaban J connectivity index is 2.02. The number of Topliss-reactive ketones (excluding diaryl/α,β-unsaturated/α-hetero) is 1. The van der Waals surface area contributed by atoms with E-state index in [-0.39, 0.29) is 16.6 Å². The second-order valence-corrected chi connectivity index (χ2v) is 6.55. The molecule has 1 unspecified atom stereocenters. The van der Waals surface area contributed by atoms with Crippen LogP contribution in [0.4, 0.5) is 8.78 Å². The molecule has 1 fully saturated rings. The van der Waals surface area contributed by atoms with Gasteiger partial charge < -0.3 is 0 Å². The van der Waals surface area contributed by atoms with Gasteiger partial charge in [0.2, 0.25) is 0 Å². The second kappa shape index (κ2) is 6.37. The van der Waals surface area contributed by atoms with E-state index >= 15 is 0 Å². The van der Waals surface area contributed by atoms with Crippen molar-refractivity contribution in [1.29, 1.82) is 0 Å². The summed E-state index contributed by atoms with van der Waals surface area (Å²) in [6.07, 6.45) is 4.96. The van der Waals surface area contributed by atoms with E-state index in [2.05, 4.69) is 0 Å². The highest BCUT2D eigenvalue weighted by atomic mass is 32.2. The van der Waals surface area contributed by atoms with Crippen molar-refractivity contribution in [3.63, 3.8) is 0 Å². The van der Waals surface area contributed by atoms with E-state index < -0.39 is 28.2 Å². The van der Waals surface area contributed by atoms with Crippen LogP contribution in [0.5, 0.6) is 0 Å². The maximum absolute atomic E-state index is 13.4. The van der Waals surface area contributed by atoms with Gasteiger partial charge in [-0.15, -0.1) is 0 Å². The maximum Gasteiger partial charge on any atom is 0.178 e. The third-order valence-electron chi connectivity index (χ3n) is 3.43. The van der Waals surface area contributed by atoms with Gasteiger partial charge in [0.05, 0.1) is 11.3 Å². The van der Waals surface area contributed by atoms with Gasteiger partial charge in [0, 0.05) is 22.1 Å². The van der Waals surface area contributed by atoms with Crippen molar-refractivity contribution >= 4 is 16.6 Å². The minimum atomic E-state index is -1.26. The summed E-state index contributed by atoms with van der Waals surface area (Å²) in [4.78, 5) is 11.9. The minimum Gasteiger partial charge on any atom is -0.293 e. The largest absolute Gasteiger partial charge is 0.293 e. The lowest BCUT2D eigenvalue weighted by Crippen LogP contribution is -2.24. The summed E-state index contributed by atoms with van der Waals surface area (Å²) in [5, 5.41) is 0.0428. The number of carbonyl (C=O) groups is 1. The number of carbonyl (C=O) groups excluding carboxylic acids is 1. The van der Waals surface area contributed by atoms with Crippen molar-refractivity contribution in [2.75, 3.05) is 5.75 Å². The molecule has 1 aliphatic carbocycles. The van der Waals surface area contributed by atoms with E-state index in [0.29, 0.717) is 6.07 Å². The van der Waals surface area contributed by atoms with Crippen LogP contribution in [0.15, 0.2) is 18.2 Å². The van der Waals surface area contributed by atoms with Gasteiger partial charge in [-0.1, -0.05) is 19.3 Å². The van der Waals surface area contributed by atoms with Gasteiger partial charge in [-0.2, -0.15) is 0 Å². The molecule has 1 aliphatic rings. The molecule has 5 heteroatoms. The molecule has 1 aromatic rings. The summed E-state index contributed by atoms with van der Waals surface area (Å²) >= 11 is 0. The van der Waals surface area contributed by atoms with Gasteiger partial charge in [-0.05, 0) is 25.0 Å². The summed E-state index contributed by atoms with van der Waals surface area (Å²) in [6.45, 7) is 0. The number of hydrogen-bond donors (Lipinski definition) is 0. The molecule has 0 aromatic heterocycles. The van der Waals surface area contributed by atoms with Crippen LogP contribution in [0.1, 0.15) is 42.5 Å². The fourth-order valence-electron chi connectivity index (χ4n) is 2.37. The van der Waals surface area contributed by atoms with Gasteiger partial charge >= 0.3 is 0 Å². The van der Waals surface area contributed by atoms with Gasteiger partial charge in [0.25, 0.3) is 0 Å². The lowest BCUT2D eigenvalue weighted by atomic mass is 10.0. The van der Waals surface area contributed by atoms with Crippen molar-refractivity contribution in [3.05, 3.63) is 35.4 Å². The molecule has 0 N–H and O–H groups in total. The number of rotatable bonds is 4. The van der Waals surface area contributed by atoms with Crippen LogP contribution in [0.2, 0.25) is 0 Å². The predicted octanol–water partition coefficient (Wildman–Crippen LogP) is 3.23. The normalized spacial score (nSPS) is 18.2. The van der Waals surface area contributed by atoms with Crippen LogP contribution in [0.3, 0.4) is 0 Å². The Labute approximate surface area is 113 Å². The molecule has 0 aliphatic heterocycles. The molecule has 0 saturated heterocycles. The van der Waals surface area contributed by atoms with E-state index in [1.165, 1.54) is 0 Å². The molecule has 0 heterocycles. The van der Waals surface area contributed by atoms with Crippen LogP contribution in [0.25, 0.3) is 0 Å². The first kappa shape index (κ1) is 14.3. The Morgan fingerprint density at radius 2 is 1.89 bits per heavy atom. The Morgan fingerprint density at radius 1 is 1.21 bits per heavy atom. The van der Waals surface area contributed by atoms with E-state index in [4.69, 9.17) is 0 Å². The van der Waals surface area contributed by atoms with Crippen molar-refractivity contribution in [2.45, 2.75) is 37.4 Å². The minimum absolute atomic E-state index is 0.0428. The highest BCUT2D eigenvalue weighted by Crippen LogP contribution is 2.22. The van der Waals surface area contributed by atoms with Gasteiger partial charge in [0.15, 0.2) is 5.78 Å². The van der Waals surface area contributed by atoms with Crippen LogP contribution in [0, 0.1) is 11.6 Å². The Hall–Kier alpha value is -1.10. The van der Waals surface area contributed by atoms with Crippen LogP contribution in [-0.4, -0.2) is 21.0 Å². The first-order chi connectivity index (χ1) is 9.08. The Bertz CT molecular complexity index is 496. The molecule has 0 radical (unpaired) electrons. The smallest absolute Gasteiger partial charge is 0.178 e. The molecule has 1 saturated carbocycles. The molecule has 19 heavy (non-hydrogen) atoms. The number of benzene rings is 1. The van der Waals surface area contributed by atoms with E-state index in [1.807, 2.05) is 0 Å². The highest BCUT2D eigenvalue weighted by molar-refractivity contribution is 7.86. The number of hydrogen-bond acceptors (Lipinski definition) is 2. The summed E-state index contributed by atoms with van der Waals surface area (Å²) in [5.41, 5.74) is -0.175. The SMILES string of the molecule is O=C(CS(=O)C1CCCCC1)c1ccc(F)cc1F. The van der Waals surface area contributed by atoms with Gasteiger partial charge in [-0.3, -0.25) is 9.00 Å². The summed E-state index contributed by atoms with van der Waals surface area (Å²) in [5.74, 6) is -2.29. The molecule has 1 atom stereocenters. The maximum atomic E-state index is 13.4. The van der Waals surface area contributed by atoms with Crippen LogP contribution >= 0.6 is 0 Å². The standard InChI is InChI=1S/C14H16F2O2S/c15-10-6-7-12(13(16)8-10)14(17)9-19(18)11-4-2-1-3-5-11/h6-8,11H,1-5,9H2. The topological polar surface area (TPSA) is 34.1 Å². The third kappa shape index (κ3) is 3.69. The summed E-state index contributed by atoms with van der Waals surface area (Å²) < 4.78 is 38.2. The molecular formula is C14H16F2O2S. The number of halogens is 2. The second-order valence-electron chi connectivity index (χ2n) is 4.83. The van der Waals surface area contributed by atoms with Crippen molar-refractivity contribution in [1.82, 2.24) is 0 Å². The van der Waals surface area contributed by atoms with Crippen molar-refractivity contribution in [3.8, 4) is 0 Å². The first-order valence-electron chi connectivity index (χ1n) is 6.43. The Kier molecular flexibility index (Phi) is 4.80. The zero-order chi connectivity index (χ0) is 13.8. The first-order valence-corrected chi connectivity index (χ1v) is 7.81. The third-order valence-corrected chi connectivity index (χ3v) is 5.19. The van der Waals surface area contributed by atoms with Crippen molar-refractivity contribution < 1.29 is 17.8 Å². The van der Waals surface area contributed by atoms with Gasteiger partial charge in [0.1, 0.15) is 11.6 Å². The molecule has 0 spiro atoms. The highest BCUT2D eigenvalue weighted by Gasteiger charge is 2.23. The number of ketones is 1. The molecule has 2 nitrogen and oxygen atoms in total. The monoisotopic (exact) mass is 286 g/mol. The van der Waals surface area contributed by atoms with Crippen LogP contribution < -0.4 is 0 Å². The summed E-state index contributed by atoms with van der Waals surface area (Å²) in [7, 11) is -1.26. The fourth-order valence-corrected chi connectivity index (χ4v) is 3.88. The molecular weight excluding hydrogens is 270 g/mol. The summed E-state index contributed by atoms with van der Waals surface area (Å²) in [6, 6.07) is 2.83. The quantitative estimate of drug-likeness (QED) is 0.796. The lowest BCUT2D eigenvalue weighted by Gasteiger charge is -2.20.